The topological polar surface area (TPSA) is 84.4 Å². The van der Waals surface area contributed by atoms with E-state index >= 15 is 0 Å². The summed E-state index contributed by atoms with van der Waals surface area (Å²) >= 11 is 0. The zero-order valence-electron chi connectivity index (χ0n) is 13.2. The van der Waals surface area contributed by atoms with E-state index in [4.69, 9.17) is 4.74 Å². The highest BCUT2D eigenvalue weighted by atomic mass is 16.5. The predicted molar refractivity (Wildman–Crippen MR) is 80.3 cm³/mol. The van der Waals surface area contributed by atoms with Gasteiger partial charge >= 0.3 is 5.97 Å². The summed E-state index contributed by atoms with van der Waals surface area (Å²) < 4.78 is 4.71. The lowest BCUT2D eigenvalue weighted by Gasteiger charge is -2.25. The van der Waals surface area contributed by atoms with Crippen molar-refractivity contribution in [2.45, 2.75) is 38.3 Å². The highest BCUT2D eigenvalue weighted by Gasteiger charge is 2.32. The van der Waals surface area contributed by atoms with E-state index in [0.717, 1.165) is 12.8 Å². The molecule has 1 fully saturated rings. The van der Waals surface area contributed by atoms with Crippen LogP contribution in [0.5, 0.6) is 0 Å². The predicted octanol–water partition coefficient (Wildman–Crippen LogP) is 0.541. The molecular formula is C15H22N4O3. The van der Waals surface area contributed by atoms with Crippen molar-refractivity contribution in [3.05, 3.63) is 23.8 Å². The molecule has 2 heterocycles. The molecule has 0 spiro atoms. The van der Waals surface area contributed by atoms with Crippen LogP contribution in [0.3, 0.4) is 0 Å². The number of likely N-dealkylation sites (tertiary alicyclic amines) is 1. The first-order valence-corrected chi connectivity index (χ1v) is 7.38. The molecule has 1 aliphatic rings. The van der Waals surface area contributed by atoms with Crippen LogP contribution in [0.2, 0.25) is 0 Å². The van der Waals surface area contributed by atoms with Gasteiger partial charge in [0.1, 0.15) is 11.5 Å². The normalized spacial score (nSPS) is 21.6. The van der Waals surface area contributed by atoms with Gasteiger partial charge in [-0.2, -0.15) is 0 Å². The van der Waals surface area contributed by atoms with Crippen molar-refractivity contribution < 1.29 is 14.3 Å². The second kappa shape index (κ2) is 7.31. The quantitative estimate of drug-likeness (QED) is 0.799. The number of hydrogen-bond donors (Lipinski definition) is 1. The Morgan fingerprint density at radius 3 is 2.82 bits per heavy atom. The third kappa shape index (κ3) is 4.00. The number of aryl methyl sites for hydroxylation is 1. The molecule has 0 bridgehead atoms. The summed E-state index contributed by atoms with van der Waals surface area (Å²) in [5.74, 6) is 0.178. The Balaban J connectivity index is 1.84. The summed E-state index contributed by atoms with van der Waals surface area (Å²) in [7, 11) is 3.38. The molecule has 1 aliphatic heterocycles. The van der Waals surface area contributed by atoms with E-state index in [0.29, 0.717) is 24.5 Å². The summed E-state index contributed by atoms with van der Waals surface area (Å²) in [5, 5.41) is 2.90. The maximum absolute atomic E-state index is 12.1. The lowest BCUT2D eigenvalue weighted by Crippen LogP contribution is -2.41. The van der Waals surface area contributed by atoms with Gasteiger partial charge in [-0.25, -0.2) is 9.97 Å². The molecule has 7 heteroatoms. The van der Waals surface area contributed by atoms with E-state index in [2.05, 4.69) is 20.2 Å². The van der Waals surface area contributed by atoms with E-state index in [1.807, 2.05) is 7.05 Å². The fourth-order valence-electron chi connectivity index (χ4n) is 2.74. The van der Waals surface area contributed by atoms with Crippen LogP contribution in [0.1, 0.15) is 35.6 Å². The number of carbonyl (C=O) groups is 2. The van der Waals surface area contributed by atoms with Gasteiger partial charge in [-0.05, 0) is 32.9 Å². The second-order valence-corrected chi connectivity index (χ2v) is 5.53. The molecule has 2 rings (SSSR count). The zero-order chi connectivity index (χ0) is 16.1. The van der Waals surface area contributed by atoms with Gasteiger partial charge in [-0.15, -0.1) is 0 Å². The number of carbonyl (C=O) groups excluding carboxylic acids is 2. The molecular weight excluding hydrogens is 284 g/mol. The Bertz CT molecular complexity index is 549. The largest absolute Gasteiger partial charge is 0.469 e. The summed E-state index contributed by atoms with van der Waals surface area (Å²) in [6.07, 6.45) is 3.84. The number of hydrogen-bond acceptors (Lipinski definition) is 6. The van der Waals surface area contributed by atoms with Crippen LogP contribution < -0.4 is 5.32 Å². The van der Waals surface area contributed by atoms with E-state index in [-0.39, 0.29) is 24.0 Å². The summed E-state index contributed by atoms with van der Waals surface area (Å²) in [6, 6.07) is 2.00. The average molecular weight is 306 g/mol. The van der Waals surface area contributed by atoms with E-state index in [1.54, 1.807) is 19.2 Å². The number of rotatable bonds is 5. The van der Waals surface area contributed by atoms with Crippen molar-refractivity contribution in [2.24, 2.45) is 0 Å². The summed E-state index contributed by atoms with van der Waals surface area (Å²) in [5.41, 5.74) is 0.374. The van der Waals surface area contributed by atoms with Crippen LogP contribution in [0.15, 0.2) is 12.3 Å². The Morgan fingerprint density at radius 2 is 2.14 bits per heavy atom. The van der Waals surface area contributed by atoms with E-state index < -0.39 is 0 Å². The minimum atomic E-state index is -0.199. The van der Waals surface area contributed by atoms with Crippen LogP contribution in [0.25, 0.3) is 0 Å². The number of ether oxygens (including phenoxy) is 1. The SMILES string of the molecule is COC(=O)C[C@H]1CC[C@@H](CNC(=O)c2ccnc(C)n2)N1C. The number of likely N-dealkylation sites (N-methyl/N-ethyl adjacent to an activating group) is 1. The zero-order valence-corrected chi connectivity index (χ0v) is 13.2. The molecule has 0 radical (unpaired) electrons. The fraction of sp³-hybridized carbons (Fsp3) is 0.600. The third-order valence-corrected chi connectivity index (χ3v) is 4.12. The number of methoxy groups -OCH3 is 1. The number of nitrogens with one attached hydrogen (secondary N) is 1. The van der Waals surface area contributed by atoms with Crippen LogP contribution in [0, 0.1) is 6.92 Å². The number of esters is 1. The highest BCUT2D eigenvalue weighted by Crippen LogP contribution is 2.24. The van der Waals surface area contributed by atoms with Crippen molar-refractivity contribution in [2.75, 3.05) is 20.7 Å². The van der Waals surface area contributed by atoms with Crippen molar-refractivity contribution in [1.82, 2.24) is 20.2 Å². The van der Waals surface area contributed by atoms with E-state index in [1.165, 1.54) is 7.11 Å². The number of nitrogens with zero attached hydrogens (tertiary/aromatic N) is 3. The summed E-state index contributed by atoms with van der Waals surface area (Å²) in [4.78, 5) is 33.7. The molecule has 0 aromatic carbocycles. The van der Waals surface area contributed by atoms with Crippen LogP contribution >= 0.6 is 0 Å². The molecule has 1 amide bonds. The first kappa shape index (κ1) is 16.4. The minimum absolute atomic E-state index is 0.177. The van der Waals surface area contributed by atoms with Crippen molar-refractivity contribution in [1.29, 1.82) is 0 Å². The average Bonchev–Trinajstić information content (AvgIpc) is 2.85. The lowest BCUT2D eigenvalue weighted by molar-refractivity contribution is -0.141. The smallest absolute Gasteiger partial charge is 0.307 e. The van der Waals surface area contributed by atoms with Crippen LogP contribution in [-0.4, -0.2) is 59.5 Å². The second-order valence-electron chi connectivity index (χ2n) is 5.53. The Labute approximate surface area is 130 Å². The number of amides is 1. The molecule has 7 nitrogen and oxygen atoms in total. The third-order valence-electron chi connectivity index (χ3n) is 4.12. The standard InChI is InChI=1S/C15H22N4O3/c1-10-16-7-6-13(18-10)15(21)17-9-12-5-4-11(19(12)2)8-14(20)22-3/h6-7,11-12H,4-5,8-9H2,1-3H3,(H,17,21)/t11-,12+/m1/s1. The maximum atomic E-state index is 12.1. The Morgan fingerprint density at radius 1 is 1.41 bits per heavy atom. The van der Waals surface area contributed by atoms with Crippen LogP contribution in [-0.2, 0) is 9.53 Å². The molecule has 1 saturated heterocycles. The monoisotopic (exact) mass is 306 g/mol. The molecule has 22 heavy (non-hydrogen) atoms. The van der Waals surface area contributed by atoms with Crippen molar-refractivity contribution in [3.63, 3.8) is 0 Å². The van der Waals surface area contributed by atoms with Gasteiger partial charge in [0.15, 0.2) is 0 Å². The maximum Gasteiger partial charge on any atom is 0.307 e. The molecule has 0 unspecified atom stereocenters. The Hall–Kier alpha value is -2.02. The summed E-state index contributed by atoms with van der Waals surface area (Å²) in [6.45, 7) is 2.29. The molecule has 0 aliphatic carbocycles. The first-order valence-electron chi connectivity index (χ1n) is 7.38. The molecule has 0 saturated carbocycles. The van der Waals surface area contributed by atoms with Crippen molar-refractivity contribution >= 4 is 11.9 Å². The Kier molecular flexibility index (Phi) is 5.43. The van der Waals surface area contributed by atoms with Gasteiger partial charge in [0.05, 0.1) is 13.5 Å². The van der Waals surface area contributed by atoms with Crippen LogP contribution in [0.4, 0.5) is 0 Å². The first-order chi connectivity index (χ1) is 10.5. The van der Waals surface area contributed by atoms with E-state index in [9.17, 15) is 9.59 Å². The van der Waals surface area contributed by atoms with Gasteiger partial charge < -0.3 is 10.1 Å². The molecule has 2 atom stereocenters. The number of aromatic nitrogens is 2. The molecule has 120 valence electrons. The van der Waals surface area contributed by atoms with Crippen molar-refractivity contribution in [3.8, 4) is 0 Å². The van der Waals surface area contributed by atoms with Gasteiger partial charge in [-0.3, -0.25) is 14.5 Å². The fourth-order valence-corrected chi connectivity index (χ4v) is 2.74. The van der Waals surface area contributed by atoms with Gasteiger partial charge in [0, 0.05) is 24.8 Å². The van der Waals surface area contributed by atoms with Gasteiger partial charge in [0.25, 0.3) is 5.91 Å². The van der Waals surface area contributed by atoms with Gasteiger partial charge in [-0.1, -0.05) is 0 Å². The molecule has 1 aromatic heterocycles. The molecule has 1 N–H and O–H groups in total. The lowest BCUT2D eigenvalue weighted by atomic mass is 10.1. The molecule has 1 aromatic rings. The highest BCUT2D eigenvalue weighted by molar-refractivity contribution is 5.92. The minimum Gasteiger partial charge on any atom is -0.469 e. The van der Waals surface area contributed by atoms with Gasteiger partial charge in [0.2, 0.25) is 0 Å².